The molecule has 0 saturated carbocycles. The van der Waals surface area contributed by atoms with E-state index in [-0.39, 0.29) is 5.75 Å². The van der Waals surface area contributed by atoms with E-state index in [0.29, 0.717) is 34.1 Å². The van der Waals surface area contributed by atoms with E-state index in [4.69, 9.17) is 16.9 Å². The van der Waals surface area contributed by atoms with Crippen LogP contribution in [0.3, 0.4) is 0 Å². The third-order valence-corrected chi connectivity index (χ3v) is 5.83. The van der Waals surface area contributed by atoms with E-state index in [1.165, 1.54) is 30.1 Å². The summed E-state index contributed by atoms with van der Waals surface area (Å²) in [5.41, 5.74) is 4.25. The monoisotopic (exact) mass is 474 g/mol. The van der Waals surface area contributed by atoms with Gasteiger partial charge in [-0.05, 0) is 42.5 Å². The number of benzene rings is 2. The number of hydrazine groups is 1. The number of pyridine rings is 1. The molecule has 11 heteroatoms. The molecule has 3 aromatic rings. The number of carbonyl (C=O) groups is 1. The van der Waals surface area contributed by atoms with Crippen molar-refractivity contribution in [1.29, 1.82) is 5.26 Å². The molecule has 0 atom stereocenters. The molecule has 0 aliphatic carbocycles. The van der Waals surface area contributed by atoms with Crippen LogP contribution in [0.25, 0.3) is 0 Å². The van der Waals surface area contributed by atoms with Crippen molar-refractivity contribution in [2.24, 2.45) is 0 Å². The Hall–Kier alpha value is -3.39. The Morgan fingerprint density at radius 1 is 1.28 bits per heavy atom. The van der Waals surface area contributed by atoms with Crippen LogP contribution in [0.15, 0.2) is 64.5 Å². The topological polar surface area (TPSA) is 87.5 Å². The van der Waals surface area contributed by atoms with E-state index in [1.54, 1.807) is 36.4 Å². The van der Waals surface area contributed by atoms with Gasteiger partial charge in [0.2, 0.25) is 6.41 Å². The van der Waals surface area contributed by atoms with Gasteiger partial charge < -0.3 is 4.74 Å². The highest BCUT2D eigenvalue weighted by atomic mass is 35.5. The van der Waals surface area contributed by atoms with Gasteiger partial charge in [-0.2, -0.15) is 5.26 Å². The van der Waals surface area contributed by atoms with Gasteiger partial charge in [-0.1, -0.05) is 29.4 Å². The molecule has 2 heterocycles. The number of nitrogens with zero attached hydrogens (tertiary/aromatic N) is 3. The Bertz CT molecular complexity index is 1220. The maximum atomic E-state index is 13.3. The first kappa shape index (κ1) is 21.8. The fourth-order valence-corrected chi connectivity index (χ4v) is 4.07. The highest BCUT2D eigenvalue weighted by molar-refractivity contribution is 7.99. The quantitative estimate of drug-likeness (QED) is 0.387. The Morgan fingerprint density at radius 3 is 2.88 bits per heavy atom. The number of halogens is 3. The van der Waals surface area contributed by atoms with Gasteiger partial charge in [-0.25, -0.2) is 9.99 Å². The molecule has 0 radical (unpaired) electrons. The van der Waals surface area contributed by atoms with Crippen molar-refractivity contribution < 1.29 is 23.0 Å². The zero-order valence-corrected chi connectivity index (χ0v) is 17.7. The lowest BCUT2D eigenvalue weighted by Gasteiger charge is -2.29. The Balaban J connectivity index is 1.54. The number of nitrogens with one attached hydrogen (secondary N) is 1. The maximum absolute atomic E-state index is 13.3. The normalized spacial score (nSPS) is 13.9. The zero-order valence-electron chi connectivity index (χ0n) is 16.1. The molecule has 4 rings (SSSR count). The van der Waals surface area contributed by atoms with Gasteiger partial charge in [0.15, 0.2) is 0 Å². The van der Waals surface area contributed by atoms with Gasteiger partial charge in [0.25, 0.3) is 0 Å². The van der Waals surface area contributed by atoms with Crippen LogP contribution in [0, 0.1) is 11.3 Å². The molecule has 0 bridgehead atoms. The number of carbonyl (C=O) groups excluding carboxylic acids is 1. The molecule has 32 heavy (non-hydrogen) atoms. The highest BCUT2D eigenvalue weighted by Gasteiger charge is 2.39. The first-order valence-corrected chi connectivity index (χ1v) is 10.3. The molecule has 2 aromatic carbocycles. The van der Waals surface area contributed by atoms with Crippen molar-refractivity contribution in [1.82, 2.24) is 4.98 Å². The highest BCUT2D eigenvalue weighted by Crippen LogP contribution is 2.39. The van der Waals surface area contributed by atoms with Gasteiger partial charge in [-0.15, -0.1) is 8.78 Å². The lowest BCUT2D eigenvalue weighted by molar-refractivity contribution is -0.367. The van der Waals surface area contributed by atoms with Crippen LogP contribution in [-0.4, -0.2) is 17.7 Å². The van der Waals surface area contributed by atoms with E-state index in [1.807, 2.05) is 6.07 Å². The van der Waals surface area contributed by atoms with Crippen LogP contribution in [0.5, 0.6) is 5.75 Å². The molecule has 162 valence electrons. The molecular weight excluding hydrogens is 462 g/mol. The Morgan fingerprint density at radius 2 is 2.12 bits per heavy atom. The molecular formula is C21H13ClF2N4O3S. The number of alkyl halides is 2. The largest absolute Gasteiger partial charge is 0.535 e. The second-order valence-electron chi connectivity index (χ2n) is 6.43. The van der Waals surface area contributed by atoms with Gasteiger partial charge in [0.1, 0.15) is 17.5 Å². The number of aromatic nitrogens is 1. The average molecular weight is 475 g/mol. The van der Waals surface area contributed by atoms with Gasteiger partial charge in [-0.3, -0.25) is 15.0 Å². The first-order valence-electron chi connectivity index (χ1n) is 9.06. The molecule has 1 amide bonds. The van der Waals surface area contributed by atoms with Crippen molar-refractivity contribution >= 4 is 41.1 Å². The summed E-state index contributed by atoms with van der Waals surface area (Å²) in [7, 11) is 0. The summed E-state index contributed by atoms with van der Waals surface area (Å²) in [6.07, 6.45) is -1.69. The predicted octanol–water partition coefficient (Wildman–Crippen LogP) is 5.21. The smallest absolute Gasteiger partial charge is 0.409 e. The predicted molar refractivity (Wildman–Crippen MR) is 113 cm³/mol. The summed E-state index contributed by atoms with van der Waals surface area (Å²) >= 11 is 7.75. The summed E-state index contributed by atoms with van der Waals surface area (Å²) in [4.78, 5) is 17.2. The summed E-state index contributed by atoms with van der Waals surface area (Å²) in [5, 5.41) is 10.5. The number of hydrogen-bond acceptors (Lipinski definition) is 7. The van der Waals surface area contributed by atoms with Crippen LogP contribution >= 0.6 is 23.4 Å². The van der Waals surface area contributed by atoms with E-state index in [9.17, 15) is 13.6 Å². The summed E-state index contributed by atoms with van der Waals surface area (Å²) in [6.45, 7) is -0.433. The molecule has 0 spiro atoms. The molecule has 0 fully saturated rings. The number of anilines is 2. The van der Waals surface area contributed by atoms with E-state index >= 15 is 0 Å². The minimum atomic E-state index is -3.73. The maximum Gasteiger partial charge on any atom is 0.535 e. The van der Waals surface area contributed by atoms with Crippen molar-refractivity contribution in [3.63, 3.8) is 0 Å². The summed E-state index contributed by atoms with van der Waals surface area (Å²) in [5.74, 6) is -0.0775. The lowest BCUT2D eigenvalue weighted by Crippen LogP contribution is -2.35. The molecule has 0 saturated heterocycles. The SMILES string of the molecule is N#Cc1cc(Sc2ccc(NN(C=O)c3cccc4c3COC(F)(F)O4)cc2Cl)ccn1. The summed E-state index contributed by atoms with van der Waals surface area (Å²) in [6, 6.07) is 14.9. The minimum absolute atomic E-state index is 0.0775. The van der Waals surface area contributed by atoms with Gasteiger partial charge >= 0.3 is 6.29 Å². The van der Waals surface area contributed by atoms with E-state index in [2.05, 4.69) is 19.9 Å². The zero-order chi connectivity index (χ0) is 22.7. The van der Waals surface area contributed by atoms with Crippen molar-refractivity contribution in [2.45, 2.75) is 22.7 Å². The number of amides is 1. The second-order valence-corrected chi connectivity index (χ2v) is 7.95. The number of hydrogen-bond donors (Lipinski definition) is 1. The molecule has 1 aliphatic heterocycles. The fraction of sp³-hybridized carbons (Fsp3) is 0.0952. The fourth-order valence-electron chi connectivity index (χ4n) is 2.93. The van der Waals surface area contributed by atoms with Crippen molar-refractivity contribution in [2.75, 3.05) is 10.4 Å². The van der Waals surface area contributed by atoms with Gasteiger partial charge in [0.05, 0.1) is 23.0 Å². The number of nitriles is 1. The standard InChI is InChI=1S/C21H13ClF2N4O3S/c22-17-9-13(4-5-20(17)32-15-6-7-26-14(8-15)10-25)27-28(12-29)18-2-1-3-19-16(18)11-30-21(23,24)31-19/h1-9,12,27H,11H2. The van der Waals surface area contributed by atoms with Crippen molar-refractivity contribution in [3.05, 3.63) is 71.0 Å². The van der Waals surface area contributed by atoms with Crippen LogP contribution in [0.2, 0.25) is 5.02 Å². The molecule has 7 nitrogen and oxygen atoms in total. The second kappa shape index (κ2) is 9.00. The van der Waals surface area contributed by atoms with Crippen LogP contribution in [0.1, 0.15) is 11.3 Å². The Labute approximate surface area is 190 Å². The van der Waals surface area contributed by atoms with Crippen LogP contribution < -0.4 is 15.2 Å². The number of fused-ring (bicyclic) bond motifs is 1. The molecule has 1 N–H and O–H groups in total. The molecule has 1 aliphatic rings. The number of rotatable bonds is 6. The number of ether oxygens (including phenoxy) is 2. The van der Waals surface area contributed by atoms with Gasteiger partial charge in [0, 0.05) is 21.6 Å². The third kappa shape index (κ3) is 4.75. The first-order chi connectivity index (χ1) is 15.4. The lowest BCUT2D eigenvalue weighted by atomic mass is 10.1. The Kier molecular flexibility index (Phi) is 6.14. The van der Waals surface area contributed by atoms with Crippen LogP contribution in [-0.2, 0) is 16.1 Å². The van der Waals surface area contributed by atoms with E-state index < -0.39 is 12.9 Å². The van der Waals surface area contributed by atoms with Crippen molar-refractivity contribution in [3.8, 4) is 11.8 Å². The average Bonchev–Trinajstić information content (AvgIpc) is 2.78. The minimum Gasteiger partial charge on any atom is -0.409 e. The molecule has 1 aromatic heterocycles. The summed E-state index contributed by atoms with van der Waals surface area (Å²) < 4.78 is 35.6. The molecule has 0 unspecified atom stereocenters. The third-order valence-electron chi connectivity index (χ3n) is 4.34. The van der Waals surface area contributed by atoms with Crippen LogP contribution in [0.4, 0.5) is 20.2 Å². The van der Waals surface area contributed by atoms with E-state index in [0.717, 1.165) is 14.8 Å².